The molecule has 1 aromatic rings. The van der Waals surface area contributed by atoms with Crippen LogP contribution < -0.4 is 10.1 Å². The smallest absolute Gasteiger partial charge is 0.125 e. The van der Waals surface area contributed by atoms with E-state index < -0.39 is 5.60 Å². The van der Waals surface area contributed by atoms with Gasteiger partial charge in [-0.25, -0.2) is 0 Å². The number of hydrogen-bond donors (Lipinski definition) is 2. The fraction of sp³-hybridized carbons (Fsp3) is 0.647. The van der Waals surface area contributed by atoms with Crippen LogP contribution in [0.5, 0.6) is 5.75 Å². The predicted molar refractivity (Wildman–Crippen MR) is 84.4 cm³/mol. The van der Waals surface area contributed by atoms with Gasteiger partial charge in [-0.2, -0.15) is 0 Å². The van der Waals surface area contributed by atoms with E-state index in [0.29, 0.717) is 6.42 Å². The summed E-state index contributed by atoms with van der Waals surface area (Å²) in [6, 6.07) is 4.07. The summed E-state index contributed by atoms with van der Waals surface area (Å²) in [5.41, 5.74) is 2.26. The van der Waals surface area contributed by atoms with E-state index in [-0.39, 0.29) is 5.54 Å². The van der Waals surface area contributed by atoms with E-state index in [1.807, 2.05) is 26.8 Å². The third kappa shape index (κ3) is 4.50. The highest BCUT2D eigenvalue weighted by atomic mass is 16.5. The summed E-state index contributed by atoms with van der Waals surface area (Å²) in [4.78, 5) is 0. The molecule has 0 aromatic heterocycles. The van der Waals surface area contributed by atoms with Crippen molar-refractivity contribution in [3.63, 3.8) is 0 Å². The van der Waals surface area contributed by atoms with Gasteiger partial charge in [0.15, 0.2) is 0 Å². The Balaban J connectivity index is 2.97. The van der Waals surface area contributed by atoms with Crippen molar-refractivity contribution in [3.05, 3.63) is 28.8 Å². The van der Waals surface area contributed by atoms with E-state index in [1.165, 1.54) is 0 Å². The molecule has 20 heavy (non-hydrogen) atoms. The van der Waals surface area contributed by atoms with Crippen LogP contribution in [0.2, 0.25) is 0 Å². The Morgan fingerprint density at radius 2 is 1.75 bits per heavy atom. The molecule has 1 unspecified atom stereocenters. The molecule has 0 heterocycles. The fourth-order valence-electron chi connectivity index (χ4n) is 2.59. The summed E-state index contributed by atoms with van der Waals surface area (Å²) in [5.74, 6) is 0.767. The lowest BCUT2D eigenvalue weighted by Gasteiger charge is -2.30. The molecular weight excluding hydrogens is 250 g/mol. The Hall–Kier alpha value is -1.06. The summed E-state index contributed by atoms with van der Waals surface area (Å²) in [6.45, 7) is 13.1. The Labute approximate surface area is 123 Å². The molecule has 0 spiro atoms. The van der Waals surface area contributed by atoms with Crippen LogP contribution in [0.15, 0.2) is 12.1 Å². The van der Waals surface area contributed by atoms with E-state index in [2.05, 4.69) is 32.2 Å². The minimum atomic E-state index is -0.901. The summed E-state index contributed by atoms with van der Waals surface area (Å²) < 4.78 is 5.46. The van der Waals surface area contributed by atoms with Gasteiger partial charge in [-0.1, -0.05) is 6.07 Å². The first-order valence-corrected chi connectivity index (χ1v) is 7.20. The van der Waals surface area contributed by atoms with Gasteiger partial charge in [0, 0.05) is 11.1 Å². The topological polar surface area (TPSA) is 41.5 Å². The molecule has 1 rings (SSSR count). The van der Waals surface area contributed by atoms with E-state index in [9.17, 15) is 5.11 Å². The average molecular weight is 279 g/mol. The number of nitrogens with one attached hydrogen (secondary N) is 1. The number of aliphatic hydroxyl groups is 1. The molecule has 0 bridgehead atoms. The molecule has 0 saturated heterocycles. The second-order valence-corrected chi connectivity index (χ2v) is 6.86. The second kappa shape index (κ2) is 6.15. The monoisotopic (exact) mass is 279 g/mol. The molecule has 0 amide bonds. The maximum absolute atomic E-state index is 10.8. The Morgan fingerprint density at radius 3 is 2.25 bits per heavy atom. The maximum Gasteiger partial charge on any atom is 0.125 e. The molecule has 0 radical (unpaired) electrons. The Morgan fingerprint density at radius 1 is 1.15 bits per heavy atom. The second-order valence-electron chi connectivity index (χ2n) is 6.86. The molecule has 0 fully saturated rings. The quantitative estimate of drug-likeness (QED) is 0.869. The number of benzene rings is 1. The van der Waals surface area contributed by atoms with Crippen LogP contribution in [0.25, 0.3) is 0 Å². The molecular formula is C17H29NO2. The van der Waals surface area contributed by atoms with Crippen LogP contribution in [-0.2, 0) is 5.60 Å². The average Bonchev–Trinajstić information content (AvgIpc) is 2.24. The standard InChI is InChI=1S/C17H29NO2/c1-12-10-13(2)15(14(11-12)20-7)17(6,19)8-9-18-16(3,4)5/h10-11,18-19H,8-9H2,1-7H3. The first-order chi connectivity index (χ1) is 9.07. The van der Waals surface area contributed by atoms with E-state index >= 15 is 0 Å². The molecule has 3 heteroatoms. The van der Waals surface area contributed by atoms with Crippen molar-refractivity contribution in [2.24, 2.45) is 0 Å². The third-order valence-corrected chi connectivity index (χ3v) is 3.47. The van der Waals surface area contributed by atoms with E-state index in [0.717, 1.165) is 29.0 Å². The maximum atomic E-state index is 10.8. The van der Waals surface area contributed by atoms with Crippen molar-refractivity contribution in [1.29, 1.82) is 0 Å². The zero-order chi connectivity index (χ0) is 15.6. The van der Waals surface area contributed by atoms with Gasteiger partial charge < -0.3 is 15.2 Å². The summed E-state index contributed by atoms with van der Waals surface area (Å²) >= 11 is 0. The van der Waals surface area contributed by atoms with Crippen LogP contribution in [0.1, 0.15) is 50.8 Å². The molecule has 1 atom stereocenters. The van der Waals surface area contributed by atoms with Gasteiger partial charge in [0.1, 0.15) is 5.75 Å². The lowest BCUT2D eigenvalue weighted by Crippen LogP contribution is -2.39. The number of ether oxygens (including phenoxy) is 1. The van der Waals surface area contributed by atoms with Crippen molar-refractivity contribution in [3.8, 4) is 5.75 Å². The summed E-state index contributed by atoms with van der Waals surface area (Å²) in [5, 5.41) is 14.3. The molecule has 0 aliphatic heterocycles. The first-order valence-electron chi connectivity index (χ1n) is 7.20. The van der Waals surface area contributed by atoms with Gasteiger partial charge in [0.2, 0.25) is 0 Å². The Bertz CT molecular complexity index is 459. The van der Waals surface area contributed by atoms with Gasteiger partial charge in [-0.15, -0.1) is 0 Å². The number of hydrogen-bond acceptors (Lipinski definition) is 3. The fourth-order valence-corrected chi connectivity index (χ4v) is 2.59. The lowest BCUT2D eigenvalue weighted by molar-refractivity contribution is 0.0433. The van der Waals surface area contributed by atoms with E-state index in [4.69, 9.17) is 4.74 Å². The molecule has 0 aliphatic carbocycles. The summed E-state index contributed by atoms with van der Waals surface area (Å²) in [6.07, 6.45) is 0.643. The van der Waals surface area contributed by atoms with Crippen molar-refractivity contribution >= 4 is 0 Å². The lowest BCUT2D eigenvalue weighted by atomic mass is 9.87. The van der Waals surface area contributed by atoms with Crippen LogP contribution >= 0.6 is 0 Å². The molecule has 3 nitrogen and oxygen atoms in total. The zero-order valence-electron chi connectivity index (χ0n) is 13.9. The normalized spacial score (nSPS) is 15.0. The summed E-state index contributed by atoms with van der Waals surface area (Å²) in [7, 11) is 1.65. The highest BCUT2D eigenvalue weighted by molar-refractivity contribution is 5.46. The van der Waals surface area contributed by atoms with Gasteiger partial charge in [0.25, 0.3) is 0 Å². The van der Waals surface area contributed by atoms with Gasteiger partial charge in [-0.3, -0.25) is 0 Å². The zero-order valence-corrected chi connectivity index (χ0v) is 13.9. The predicted octanol–water partition coefficient (Wildman–Crippen LogP) is 3.30. The van der Waals surface area contributed by atoms with Crippen molar-refractivity contribution in [2.45, 2.75) is 59.1 Å². The highest BCUT2D eigenvalue weighted by Crippen LogP contribution is 2.35. The Kier molecular flexibility index (Phi) is 5.22. The molecule has 0 saturated carbocycles. The van der Waals surface area contributed by atoms with Crippen LogP contribution in [0.4, 0.5) is 0 Å². The third-order valence-electron chi connectivity index (χ3n) is 3.47. The molecule has 114 valence electrons. The largest absolute Gasteiger partial charge is 0.496 e. The van der Waals surface area contributed by atoms with Crippen LogP contribution in [-0.4, -0.2) is 24.3 Å². The first kappa shape index (κ1) is 17.0. The van der Waals surface area contributed by atoms with Crippen molar-refractivity contribution in [2.75, 3.05) is 13.7 Å². The van der Waals surface area contributed by atoms with Crippen molar-refractivity contribution in [1.82, 2.24) is 5.32 Å². The van der Waals surface area contributed by atoms with Crippen LogP contribution in [0, 0.1) is 13.8 Å². The van der Waals surface area contributed by atoms with Crippen molar-refractivity contribution < 1.29 is 9.84 Å². The van der Waals surface area contributed by atoms with Crippen LogP contribution in [0.3, 0.4) is 0 Å². The van der Waals surface area contributed by atoms with Gasteiger partial charge >= 0.3 is 0 Å². The van der Waals surface area contributed by atoms with Gasteiger partial charge in [0.05, 0.1) is 12.7 Å². The molecule has 2 N–H and O–H groups in total. The van der Waals surface area contributed by atoms with E-state index in [1.54, 1.807) is 7.11 Å². The SMILES string of the molecule is COc1cc(C)cc(C)c1C(C)(O)CCNC(C)(C)C. The van der Waals surface area contributed by atoms with Gasteiger partial charge in [-0.05, 0) is 71.7 Å². The number of aryl methyl sites for hydroxylation is 2. The number of rotatable bonds is 5. The molecule has 0 aliphatic rings. The minimum Gasteiger partial charge on any atom is -0.496 e. The highest BCUT2D eigenvalue weighted by Gasteiger charge is 2.29. The minimum absolute atomic E-state index is 0.0580. The molecule has 1 aromatic carbocycles. The number of methoxy groups -OCH3 is 1.